The normalized spacial score (nSPS) is 21.6. The number of carboxylic acid groups (broad SMARTS) is 1. The van der Waals surface area contributed by atoms with E-state index < -0.39 is 77.6 Å². The number of aliphatic hydroxyl groups is 1. The van der Waals surface area contributed by atoms with Gasteiger partial charge in [-0.3, -0.25) is 24.0 Å². The van der Waals surface area contributed by atoms with Gasteiger partial charge in [-0.05, 0) is 48.3 Å². The molecule has 2 saturated heterocycles. The van der Waals surface area contributed by atoms with Crippen molar-refractivity contribution < 1.29 is 48.5 Å². The molecule has 11 atom stereocenters. The van der Waals surface area contributed by atoms with E-state index in [-0.39, 0.29) is 54.7 Å². The summed E-state index contributed by atoms with van der Waals surface area (Å²) in [5.74, 6) is -3.69. The Hall–Kier alpha value is -3.77. The van der Waals surface area contributed by atoms with Crippen molar-refractivity contribution in [2.45, 2.75) is 161 Å². The summed E-state index contributed by atoms with van der Waals surface area (Å²) in [6.07, 6.45) is 1.61. The van der Waals surface area contributed by atoms with Gasteiger partial charge in [0, 0.05) is 47.7 Å². The Morgan fingerprint density at radius 2 is 1.59 bits per heavy atom. The van der Waals surface area contributed by atoms with Crippen LogP contribution in [0.15, 0.2) is 30.3 Å². The van der Waals surface area contributed by atoms with E-state index in [9.17, 15) is 39.0 Å². The fourth-order valence-electron chi connectivity index (χ4n) is 9.23. The average Bonchev–Trinajstić information content (AvgIpc) is 3.85. The van der Waals surface area contributed by atoms with Gasteiger partial charge in [0.25, 0.3) is 5.91 Å². The SMILES string of the molecule is CCCCSC1CC(O)N(N(C)[C@H](C(=O)N[C@H](C(=O)N(C)[C@@H]([C@@H](C)CC)[C@@H](CC(=O)N2CCC[C@H]2[C@H](OC)[C@@H](C)C(=O)N[C@@H](Cc2ccccc2)C(=O)O)OC)C(C)C)C(C)C)C1=O. The minimum atomic E-state index is -1.16. The largest absolute Gasteiger partial charge is 0.480 e. The topological polar surface area (TPSA) is 198 Å². The number of carboxylic acids is 1. The minimum Gasteiger partial charge on any atom is -0.480 e. The number of thioether (sulfide) groups is 1. The lowest BCUT2D eigenvalue weighted by molar-refractivity contribution is -0.172. The number of hydrogen-bond acceptors (Lipinski definition) is 11. The monoisotopic (exact) mass is 919 g/mol. The highest BCUT2D eigenvalue weighted by molar-refractivity contribution is 8.00. The molecule has 0 aliphatic carbocycles. The molecule has 0 saturated carbocycles. The summed E-state index contributed by atoms with van der Waals surface area (Å²) in [5, 5.41) is 29.0. The highest BCUT2D eigenvalue weighted by Crippen LogP contribution is 2.32. The number of aliphatic carboxylic acids is 1. The standard InChI is InChI=1S/C47H78N6O10S/c1-13-15-24-64-36-27-38(55)53(45(36)58)51(10)40(29(5)6)44(57)49-39(28(3)4)46(59)50(9)41(30(7)14-2)35(62-11)26-37(54)52-23-19-22-34(52)42(63-12)31(8)43(56)48-33(47(60)61)25-32-20-17-16-18-21-32/h16-18,20-21,28-31,33-36,38-42,55H,13-15,19,22-27H2,1-12H3,(H,48,56)(H,49,57)(H,60,61)/t30-,31+,33-,34-,35+,36?,38?,39-,40-,41-,42+/m0/s1. The third-order valence-corrected chi connectivity index (χ3v) is 14.4. The number of likely N-dealkylation sites (N-methyl/N-ethyl adjacent to an activating group) is 2. The lowest BCUT2D eigenvalue weighted by Gasteiger charge is -2.41. The minimum absolute atomic E-state index is 0.0718. The molecule has 2 heterocycles. The van der Waals surface area contributed by atoms with Crippen LogP contribution in [0.5, 0.6) is 0 Å². The first-order valence-electron chi connectivity index (χ1n) is 23.1. The Balaban J connectivity index is 1.79. The number of hydrogen-bond donors (Lipinski definition) is 4. The van der Waals surface area contributed by atoms with Crippen LogP contribution in [0.1, 0.15) is 106 Å². The first-order valence-corrected chi connectivity index (χ1v) is 24.1. The first-order chi connectivity index (χ1) is 30.2. The zero-order chi connectivity index (χ0) is 48.0. The molecular formula is C47H78N6O10S. The van der Waals surface area contributed by atoms with E-state index in [0.717, 1.165) is 24.2 Å². The van der Waals surface area contributed by atoms with E-state index in [1.165, 1.54) is 36.0 Å². The predicted octanol–water partition coefficient (Wildman–Crippen LogP) is 4.18. The first kappa shape index (κ1) is 54.6. The molecule has 2 aliphatic heterocycles. The third-order valence-electron chi connectivity index (χ3n) is 13.1. The van der Waals surface area contributed by atoms with Crippen molar-refractivity contribution >= 4 is 47.3 Å². The van der Waals surface area contributed by atoms with E-state index in [0.29, 0.717) is 25.8 Å². The van der Waals surface area contributed by atoms with Crippen molar-refractivity contribution in [1.29, 1.82) is 0 Å². The number of ether oxygens (including phenoxy) is 2. The fraction of sp³-hybridized carbons (Fsp3) is 0.745. The number of aliphatic hydroxyl groups excluding tert-OH is 1. The van der Waals surface area contributed by atoms with Crippen molar-refractivity contribution in [3.8, 4) is 0 Å². The maximum atomic E-state index is 14.6. The molecule has 17 heteroatoms. The molecule has 64 heavy (non-hydrogen) atoms. The molecule has 1 aromatic carbocycles. The van der Waals surface area contributed by atoms with Crippen LogP contribution in [0.3, 0.4) is 0 Å². The maximum Gasteiger partial charge on any atom is 0.326 e. The van der Waals surface area contributed by atoms with Crippen LogP contribution < -0.4 is 10.6 Å². The smallest absolute Gasteiger partial charge is 0.326 e. The van der Waals surface area contributed by atoms with E-state index in [4.69, 9.17) is 9.47 Å². The number of carbonyl (C=O) groups excluding carboxylic acids is 5. The number of benzene rings is 1. The van der Waals surface area contributed by atoms with Crippen molar-refractivity contribution in [2.75, 3.05) is 40.6 Å². The lowest BCUT2D eigenvalue weighted by atomic mass is 9.89. The van der Waals surface area contributed by atoms with Crippen LogP contribution in [0.25, 0.3) is 0 Å². The number of nitrogens with zero attached hydrogens (tertiary/aromatic N) is 4. The number of rotatable bonds is 26. The lowest BCUT2D eigenvalue weighted by Crippen LogP contribution is -2.62. The molecule has 5 amide bonds. The molecule has 2 unspecified atom stereocenters. The summed E-state index contributed by atoms with van der Waals surface area (Å²) < 4.78 is 11.9. The van der Waals surface area contributed by atoms with Gasteiger partial charge >= 0.3 is 5.97 Å². The number of carbonyl (C=O) groups is 6. The Labute approximate surface area is 385 Å². The Bertz CT molecular complexity index is 1690. The van der Waals surface area contributed by atoms with Crippen molar-refractivity contribution in [2.24, 2.45) is 23.7 Å². The molecule has 362 valence electrons. The molecule has 16 nitrogen and oxygen atoms in total. The van der Waals surface area contributed by atoms with Gasteiger partial charge in [0.05, 0.1) is 41.9 Å². The van der Waals surface area contributed by atoms with Gasteiger partial charge in [0.2, 0.25) is 23.6 Å². The third kappa shape index (κ3) is 13.9. The summed E-state index contributed by atoms with van der Waals surface area (Å²) in [6, 6.07) is 5.02. The highest BCUT2D eigenvalue weighted by atomic mass is 32.2. The van der Waals surface area contributed by atoms with E-state index in [1.54, 1.807) is 43.0 Å². The Morgan fingerprint density at radius 1 is 0.938 bits per heavy atom. The van der Waals surface area contributed by atoms with Gasteiger partial charge in [-0.25, -0.2) is 14.8 Å². The van der Waals surface area contributed by atoms with Crippen LogP contribution in [-0.2, 0) is 44.7 Å². The van der Waals surface area contributed by atoms with Gasteiger partial charge in [0.1, 0.15) is 24.4 Å². The van der Waals surface area contributed by atoms with Crippen LogP contribution in [-0.4, -0.2) is 160 Å². The summed E-state index contributed by atoms with van der Waals surface area (Å²) in [7, 11) is 6.29. The number of amides is 5. The van der Waals surface area contributed by atoms with E-state index in [1.807, 2.05) is 59.7 Å². The zero-order valence-corrected chi connectivity index (χ0v) is 41.1. The van der Waals surface area contributed by atoms with Gasteiger partial charge < -0.3 is 40.1 Å². The second kappa shape index (κ2) is 25.8. The summed E-state index contributed by atoms with van der Waals surface area (Å²) in [4.78, 5) is 85.8. The number of hydrazine groups is 1. The van der Waals surface area contributed by atoms with Crippen molar-refractivity contribution in [3.05, 3.63) is 35.9 Å². The van der Waals surface area contributed by atoms with Crippen molar-refractivity contribution in [3.63, 3.8) is 0 Å². The van der Waals surface area contributed by atoms with Crippen LogP contribution in [0.2, 0.25) is 0 Å². The van der Waals surface area contributed by atoms with Crippen LogP contribution in [0, 0.1) is 23.7 Å². The molecule has 0 radical (unpaired) electrons. The summed E-state index contributed by atoms with van der Waals surface area (Å²) in [6.45, 7) is 15.6. The Kier molecular flexibility index (Phi) is 22.0. The number of unbranched alkanes of at least 4 members (excludes halogenated alkanes) is 1. The average molecular weight is 919 g/mol. The highest BCUT2D eigenvalue weighted by Gasteiger charge is 2.47. The van der Waals surface area contributed by atoms with Gasteiger partial charge in [-0.1, -0.05) is 98.6 Å². The summed E-state index contributed by atoms with van der Waals surface area (Å²) in [5.41, 5.74) is 0.769. The summed E-state index contributed by atoms with van der Waals surface area (Å²) >= 11 is 1.52. The number of likely N-dealkylation sites (tertiary alicyclic amines) is 1. The number of nitrogens with one attached hydrogen (secondary N) is 2. The molecule has 4 N–H and O–H groups in total. The molecule has 2 aliphatic rings. The zero-order valence-electron chi connectivity index (χ0n) is 40.3. The number of methoxy groups -OCH3 is 2. The fourth-order valence-corrected chi connectivity index (χ4v) is 10.5. The molecule has 0 aromatic heterocycles. The second-order valence-electron chi connectivity index (χ2n) is 18.3. The second-order valence-corrected chi connectivity index (χ2v) is 19.6. The van der Waals surface area contributed by atoms with E-state index in [2.05, 4.69) is 17.6 Å². The quantitative estimate of drug-likeness (QED) is 0.0970. The van der Waals surface area contributed by atoms with Crippen molar-refractivity contribution in [1.82, 2.24) is 30.5 Å². The Morgan fingerprint density at radius 3 is 2.14 bits per heavy atom. The van der Waals surface area contributed by atoms with Gasteiger partial charge in [-0.15, -0.1) is 11.8 Å². The predicted molar refractivity (Wildman–Crippen MR) is 248 cm³/mol. The molecule has 1 aromatic rings. The van der Waals surface area contributed by atoms with Crippen LogP contribution >= 0.6 is 11.8 Å². The van der Waals surface area contributed by atoms with Crippen LogP contribution in [0.4, 0.5) is 0 Å². The van der Waals surface area contributed by atoms with E-state index >= 15 is 0 Å². The molecular weight excluding hydrogens is 841 g/mol. The molecule has 0 spiro atoms. The van der Waals surface area contributed by atoms with Gasteiger partial charge in [0.15, 0.2) is 0 Å². The van der Waals surface area contributed by atoms with Gasteiger partial charge in [-0.2, -0.15) is 0 Å². The molecule has 2 fully saturated rings. The maximum absolute atomic E-state index is 14.6. The molecule has 3 rings (SSSR count). The molecule has 0 bridgehead atoms.